The number of rotatable bonds is 7. The van der Waals surface area contributed by atoms with Crippen LogP contribution in [0.15, 0.2) is 0 Å². The maximum atomic E-state index is 11.6. The van der Waals surface area contributed by atoms with Gasteiger partial charge in [-0.05, 0) is 19.8 Å². The molecule has 5 N–H and O–H groups in total. The molecule has 0 aromatic rings. The number of nitrogens with two attached hydrogens (primary N) is 1. The van der Waals surface area contributed by atoms with Gasteiger partial charge in [0.15, 0.2) is 0 Å². The van der Waals surface area contributed by atoms with E-state index >= 15 is 0 Å². The normalized spacial score (nSPS) is 15.3. The van der Waals surface area contributed by atoms with E-state index in [1.54, 1.807) is 6.92 Å². The quantitative estimate of drug-likeness (QED) is 0.521. The zero-order valence-electron chi connectivity index (χ0n) is 10.9. The first kappa shape index (κ1) is 16.2. The number of carboxylic acid groups (broad SMARTS) is 1. The van der Waals surface area contributed by atoms with Crippen molar-refractivity contribution >= 4 is 17.9 Å². The second kappa shape index (κ2) is 6.83. The fourth-order valence-electron chi connectivity index (χ4n) is 1.32. The van der Waals surface area contributed by atoms with E-state index in [0.29, 0.717) is 19.3 Å². The van der Waals surface area contributed by atoms with Crippen molar-refractivity contribution in [3.63, 3.8) is 0 Å². The molecule has 0 rings (SSSR count). The first-order chi connectivity index (χ1) is 8.26. The van der Waals surface area contributed by atoms with Crippen LogP contribution in [0, 0.1) is 0 Å². The molecule has 3 amide bonds. The Bertz CT molecular complexity index is 332. The average molecular weight is 259 g/mol. The van der Waals surface area contributed by atoms with E-state index in [1.165, 1.54) is 6.92 Å². The summed E-state index contributed by atoms with van der Waals surface area (Å²) in [5.41, 5.74) is 4.00. The van der Waals surface area contributed by atoms with Crippen LogP contribution >= 0.6 is 0 Å². The Morgan fingerprint density at radius 3 is 2.22 bits per heavy atom. The molecule has 104 valence electrons. The Kier molecular flexibility index (Phi) is 6.15. The van der Waals surface area contributed by atoms with Crippen LogP contribution in [0.3, 0.4) is 0 Å². The molecular weight excluding hydrogens is 238 g/mol. The van der Waals surface area contributed by atoms with Crippen molar-refractivity contribution in [3.8, 4) is 0 Å². The highest BCUT2D eigenvalue weighted by atomic mass is 16.4. The van der Waals surface area contributed by atoms with Crippen LogP contribution in [0.4, 0.5) is 4.79 Å². The summed E-state index contributed by atoms with van der Waals surface area (Å²) in [5, 5.41) is 13.6. The third-order valence-electron chi connectivity index (χ3n) is 2.82. The minimum atomic E-state index is -1.18. The van der Waals surface area contributed by atoms with Gasteiger partial charge in [0, 0.05) is 0 Å². The summed E-state index contributed by atoms with van der Waals surface area (Å²) in [6, 6.07) is -1.68. The predicted octanol–water partition coefficient (Wildman–Crippen LogP) is 0.193. The van der Waals surface area contributed by atoms with Gasteiger partial charge >= 0.3 is 12.0 Å². The molecule has 1 unspecified atom stereocenters. The van der Waals surface area contributed by atoms with E-state index in [9.17, 15) is 14.4 Å². The molecule has 0 saturated carbocycles. The molecule has 0 aliphatic carbocycles. The molecule has 0 fully saturated rings. The Balaban J connectivity index is 4.57. The van der Waals surface area contributed by atoms with Crippen molar-refractivity contribution < 1.29 is 19.5 Å². The molecule has 0 heterocycles. The van der Waals surface area contributed by atoms with Crippen molar-refractivity contribution in [3.05, 3.63) is 0 Å². The van der Waals surface area contributed by atoms with E-state index in [0.717, 1.165) is 0 Å². The SMILES string of the molecule is CCC[C@@H](NC(=O)NC(C)(CC)C(N)=O)C(=O)O. The first-order valence-electron chi connectivity index (χ1n) is 5.88. The third-order valence-corrected chi connectivity index (χ3v) is 2.82. The van der Waals surface area contributed by atoms with Gasteiger partial charge in [0.2, 0.25) is 5.91 Å². The van der Waals surface area contributed by atoms with Gasteiger partial charge in [-0.2, -0.15) is 0 Å². The highest BCUT2D eigenvalue weighted by Gasteiger charge is 2.31. The summed E-state index contributed by atoms with van der Waals surface area (Å²) in [5.74, 6) is -1.77. The van der Waals surface area contributed by atoms with Gasteiger partial charge in [0.25, 0.3) is 0 Å². The van der Waals surface area contributed by atoms with Crippen molar-refractivity contribution in [2.45, 2.75) is 51.6 Å². The maximum absolute atomic E-state index is 11.6. The Hall–Kier alpha value is -1.79. The van der Waals surface area contributed by atoms with E-state index in [4.69, 9.17) is 10.8 Å². The van der Waals surface area contributed by atoms with Gasteiger partial charge in [-0.15, -0.1) is 0 Å². The van der Waals surface area contributed by atoms with Gasteiger partial charge < -0.3 is 21.5 Å². The van der Waals surface area contributed by atoms with E-state index < -0.39 is 29.5 Å². The zero-order chi connectivity index (χ0) is 14.3. The highest BCUT2D eigenvalue weighted by Crippen LogP contribution is 2.08. The van der Waals surface area contributed by atoms with Crippen molar-refractivity contribution in [1.82, 2.24) is 10.6 Å². The van der Waals surface area contributed by atoms with Crippen LogP contribution in [0.25, 0.3) is 0 Å². The number of aliphatic carboxylic acids is 1. The fourth-order valence-corrected chi connectivity index (χ4v) is 1.32. The summed E-state index contributed by atoms with van der Waals surface area (Å²) >= 11 is 0. The lowest BCUT2D eigenvalue weighted by molar-refractivity contribution is -0.139. The molecule has 0 aromatic carbocycles. The third kappa shape index (κ3) is 4.60. The molecule has 7 nitrogen and oxygen atoms in total. The van der Waals surface area contributed by atoms with Crippen LogP contribution < -0.4 is 16.4 Å². The second-order valence-corrected chi connectivity index (χ2v) is 4.33. The van der Waals surface area contributed by atoms with E-state index in [1.807, 2.05) is 6.92 Å². The number of carbonyl (C=O) groups is 3. The fraction of sp³-hybridized carbons (Fsp3) is 0.727. The Morgan fingerprint density at radius 1 is 1.33 bits per heavy atom. The smallest absolute Gasteiger partial charge is 0.326 e. The lowest BCUT2D eigenvalue weighted by Gasteiger charge is -2.26. The topological polar surface area (TPSA) is 122 Å². The first-order valence-corrected chi connectivity index (χ1v) is 5.88. The van der Waals surface area contributed by atoms with Gasteiger partial charge in [0.1, 0.15) is 11.6 Å². The second-order valence-electron chi connectivity index (χ2n) is 4.33. The monoisotopic (exact) mass is 259 g/mol. The zero-order valence-corrected chi connectivity index (χ0v) is 10.9. The summed E-state index contributed by atoms with van der Waals surface area (Å²) in [7, 11) is 0. The lowest BCUT2D eigenvalue weighted by atomic mass is 9.98. The van der Waals surface area contributed by atoms with Crippen LogP contribution in [0.1, 0.15) is 40.0 Å². The highest BCUT2D eigenvalue weighted by molar-refractivity contribution is 5.90. The van der Waals surface area contributed by atoms with Gasteiger partial charge in [-0.1, -0.05) is 20.3 Å². The number of hydrogen-bond donors (Lipinski definition) is 4. The number of urea groups is 1. The molecule has 0 spiro atoms. The Labute approximate surface area is 106 Å². The van der Waals surface area contributed by atoms with Crippen molar-refractivity contribution in [2.75, 3.05) is 0 Å². The number of primary amides is 1. The summed E-state index contributed by atoms with van der Waals surface area (Å²) in [6.45, 7) is 5.01. The minimum absolute atomic E-state index is 0.321. The van der Waals surface area contributed by atoms with Crippen molar-refractivity contribution in [2.24, 2.45) is 5.73 Å². The molecule has 0 radical (unpaired) electrons. The van der Waals surface area contributed by atoms with Gasteiger partial charge in [0.05, 0.1) is 0 Å². The molecular formula is C11H21N3O4. The van der Waals surface area contributed by atoms with E-state index in [2.05, 4.69) is 10.6 Å². The molecule has 0 aliphatic heterocycles. The molecule has 0 aliphatic rings. The van der Waals surface area contributed by atoms with Gasteiger partial charge in [-0.3, -0.25) is 4.79 Å². The maximum Gasteiger partial charge on any atom is 0.326 e. The average Bonchev–Trinajstić information content (AvgIpc) is 2.27. The number of hydrogen-bond acceptors (Lipinski definition) is 3. The molecule has 0 bridgehead atoms. The summed E-state index contributed by atoms with van der Waals surface area (Å²) < 4.78 is 0. The minimum Gasteiger partial charge on any atom is -0.480 e. The summed E-state index contributed by atoms with van der Waals surface area (Å²) in [6.07, 6.45) is 1.27. The molecule has 0 aromatic heterocycles. The number of nitrogens with one attached hydrogen (secondary N) is 2. The largest absolute Gasteiger partial charge is 0.480 e. The number of carbonyl (C=O) groups excluding carboxylic acids is 2. The molecule has 2 atom stereocenters. The van der Waals surface area contributed by atoms with E-state index in [-0.39, 0.29) is 0 Å². The van der Waals surface area contributed by atoms with Gasteiger partial charge in [-0.25, -0.2) is 9.59 Å². The number of amides is 3. The van der Waals surface area contributed by atoms with Crippen LogP contribution in [-0.2, 0) is 9.59 Å². The molecule has 7 heteroatoms. The standard InChI is InChI=1S/C11H21N3O4/c1-4-6-7(8(15)16)13-10(18)14-11(3,5-2)9(12)17/h7H,4-6H2,1-3H3,(H2,12,17)(H,15,16)(H2,13,14,18)/t7-,11?/m1/s1. The van der Waals surface area contributed by atoms with Crippen LogP contribution in [0.5, 0.6) is 0 Å². The van der Waals surface area contributed by atoms with Crippen LogP contribution in [-0.4, -0.2) is 34.6 Å². The van der Waals surface area contributed by atoms with Crippen LogP contribution in [0.2, 0.25) is 0 Å². The molecule has 18 heavy (non-hydrogen) atoms. The lowest BCUT2D eigenvalue weighted by Crippen LogP contribution is -2.59. The summed E-state index contributed by atoms with van der Waals surface area (Å²) in [4.78, 5) is 33.7. The number of carboxylic acids is 1. The predicted molar refractivity (Wildman–Crippen MR) is 65.9 cm³/mol. The van der Waals surface area contributed by atoms with Crippen molar-refractivity contribution in [1.29, 1.82) is 0 Å². The molecule has 0 saturated heterocycles. The Morgan fingerprint density at radius 2 is 1.89 bits per heavy atom.